The van der Waals surface area contributed by atoms with Crippen molar-refractivity contribution in [3.05, 3.63) is 47.0 Å². The largest absolute Gasteiger partial charge is 0.324 e. The summed E-state index contributed by atoms with van der Waals surface area (Å²) in [5.41, 5.74) is 10.0. The lowest BCUT2D eigenvalue weighted by atomic mass is 9.97. The van der Waals surface area contributed by atoms with Crippen LogP contribution in [-0.4, -0.2) is 14.8 Å². The van der Waals surface area contributed by atoms with Crippen molar-refractivity contribution in [1.82, 2.24) is 14.8 Å². The topological polar surface area (TPSA) is 56.7 Å². The number of nitrogens with two attached hydrogens (primary N) is 1. The van der Waals surface area contributed by atoms with Crippen molar-refractivity contribution < 1.29 is 0 Å². The summed E-state index contributed by atoms with van der Waals surface area (Å²) in [5, 5.41) is 4.29. The lowest BCUT2D eigenvalue weighted by Crippen LogP contribution is -2.19. The Labute approximate surface area is 121 Å². The molecule has 0 radical (unpaired) electrons. The molecule has 0 spiro atoms. The number of hydrogen-bond donors (Lipinski definition) is 1. The molecule has 0 amide bonds. The van der Waals surface area contributed by atoms with E-state index in [1.807, 2.05) is 4.68 Å². The maximum Gasteiger partial charge on any atom is 0.138 e. The quantitative estimate of drug-likeness (QED) is 0.910. The Balaban J connectivity index is 2.17. The highest BCUT2D eigenvalue weighted by Gasteiger charge is 2.14. The number of nitrogens with zero attached hydrogens (tertiary/aromatic N) is 3. The summed E-state index contributed by atoms with van der Waals surface area (Å²) >= 11 is 0. The van der Waals surface area contributed by atoms with Gasteiger partial charge in [-0.15, -0.1) is 0 Å². The van der Waals surface area contributed by atoms with Crippen molar-refractivity contribution >= 4 is 0 Å². The maximum absolute atomic E-state index is 6.37. The minimum Gasteiger partial charge on any atom is -0.324 e. The fourth-order valence-corrected chi connectivity index (χ4v) is 2.41. The van der Waals surface area contributed by atoms with E-state index in [0.29, 0.717) is 5.92 Å². The first kappa shape index (κ1) is 14.7. The maximum atomic E-state index is 6.37. The average molecular weight is 272 g/mol. The van der Waals surface area contributed by atoms with E-state index in [1.54, 1.807) is 6.33 Å². The summed E-state index contributed by atoms with van der Waals surface area (Å²) < 4.78 is 1.97. The summed E-state index contributed by atoms with van der Waals surface area (Å²) in [6.07, 6.45) is 2.34. The Hall–Kier alpha value is -1.68. The van der Waals surface area contributed by atoms with Crippen molar-refractivity contribution in [3.63, 3.8) is 0 Å². The molecule has 1 aromatic carbocycles. The highest BCUT2D eigenvalue weighted by Crippen LogP contribution is 2.20. The first-order valence-corrected chi connectivity index (χ1v) is 7.16. The summed E-state index contributed by atoms with van der Waals surface area (Å²) in [5.74, 6) is 1.51. The molecule has 1 atom stereocenters. The summed E-state index contributed by atoms with van der Waals surface area (Å²) in [6, 6.07) is 6.38. The van der Waals surface area contributed by atoms with Crippen molar-refractivity contribution in [2.45, 2.75) is 46.7 Å². The van der Waals surface area contributed by atoms with Crippen molar-refractivity contribution in [2.24, 2.45) is 11.7 Å². The van der Waals surface area contributed by atoms with Gasteiger partial charge in [-0.05, 0) is 30.9 Å². The lowest BCUT2D eigenvalue weighted by Gasteiger charge is -2.16. The zero-order valence-corrected chi connectivity index (χ0v) is 12.8. The zero-order valence-electron chi connectivity index (χ0n) is 12.8. The molecule has 0 aliphatic heterocycles. The molecule has 0 saturated heterocycles. The van der Waals surface area contributed by atoms with E-state index in [9.17, 15) is 0 Å². The Morgan fingerprint density at radius 2 is 2.00 bits per heavy atom. The van der Waals surface area contributed by atoms with E-state index in [2.05, 4.69) is 56.0 Å². The third-order valence-corrected chi connectivity index (χ3v) is 3.47. The molecule has 1 unspecified atom stereocenters. The van der Waals surface area contributed by atoms with Gasteiger partial charge in [0.05, 0.1) is 0 Å². The number of benzene rings is 1. The highest BCUT2D eigenvalue weighted by atomic mass is 15.3. The molecule has 2 rings (SSSR count). The summed E-state index contributed by atoms with van der Waals surface area (Å²) in [4.78, 5) is 4.36. The van der Waals surface area contributed by atoms with Crippen LogP contribution in [0.4, 0.5) is 0 Å². The van der Waals surface area contributed by atoms with E-state index in [0.717, 1.165) is 18.8 Å². The minimum absolute atomic E-state index is 0.0370. The second-order valence-corrected chi connectivity index (χ2v) is 5.92. The predicted molar refractivity (Wildman–Crippen MR) is 81.4 cm³/mol. The van der Waals surface area contributed by atoms with E-state index in [4.69, 9.17) is 5.73 Å². The third kappa shape index (κ3) is 3.45. The van der Waals surface area contributed by atoms with Gasteiger partial charge in [0.2, 0.25) is 0 Å². The molecule has 0 aliphatic carbocycles. The van der Waals surface area contributed by atoms with Gasteiger partial charge in [0, 0.05) is 19.0 Å². The van der Waals surface area contributed by atoms with Gasteiger partial charge in [0.25, 0.3) is 0 Å². The molecular weight excluding hydrogens is 248 g/mol. The molecular formula is C16H24N4. The van der Waals surface area contributed by atoms with E-state index < -0.39 is 0 Å². The van der Waals surface area contributed by atoms with Crippen LogP contribution in [0.5, 0.6) is 0 Å². The number of rotatable bonds is 5. The Morgan fingerprint density at radius 1 is 1.25 bits per heavy atom. The Bertz CT molecular complexity index is 572. The second-order valence-electron chi connectivity index (χ2n) is 5.92. The normalized spacial score (nSPS) is 12.9. The fraction of sp³-hybridized carbons (Fsp3) is 0.500. The summed E-state index contributed by atoms with van der Waals surface area (Å²) in [6.45, 7) is 9.44. The molecule has 20 heavy (non-hydrogen) atoms. The zero-order chi connectivity index (χ0) is 14.7. The minimum atomic E-state index is -0.0370. The van der Waals surface area contributed by atoms with Gasteiger partial charge in [-0.1, -0.05) is 37.6 Å². The van der Waals surface area contributed by atoms with E-state index >= 15 is 0 Å². The number of aryl methyl sites for hydroxylation is 2. The SMILES string of the molecule is Cc1ccc(C)c(C(N)Cc2ncnn2CC(C)C)c1. The van der Waals surface area contributed by atoms with Gasteiger partial charge in [0.15, 0.2) is 0 Å². The molecule has 4 heteroatoms. The molecule has 1 heterocycles. The smallest absolute Gasteiger partial charge is 0.138 e. The molecule has 0 fully saturated rings. The molecule has 1 aromatic heterocycles. The molecule has 2 N–H and O–H groups in total. The third-order valence-electron chi connectivity index (χ3n) is 3.47. The average Bonchev–Trinajstić information content (AvgIpc) is 2.78. The van der Waals surface area contributed by atoms with Crippen LogP contribution in [0.15, 0.2) is 24.5 Å². The van der Waals surface area contributed by atoms with Gasteiger partial charge in [-0.3, -0.25) is 0 Å². The van der Waals surface area contributed by atoms with Crippen LogP contribution in [0.25, 0.3) is 0 Å². The van der Waals surface area contributed by atoms with Gasteiger partial charge in [0.1, 0.15) is 12.2 Å². The molecule has 2 aromatic rings. The van der Waals surface area contributed by atoms with Crippen LogP contribution in [0, 0.1) is 19.8 Å². The molecule has 4 nitrogen and oxygen atoms in total. The van der Waals surface area contributed by atoms with Crippen LogP contribution in [0.2, 0.25) is 0 Å². The van der Waals surface area contributed by atoms with Gasteiger partial charge >= 0.3 is 0 Å². The lowest BCUT2D eigenvalue weighted by molar-refractivity contribution is 0.459. The molecule has 0 saturated carbocycles. The summed E-state index contributed by atoms with van der Waals surface area (Å²) in [7, 11) is 0. The van der Waals surface area contributed by atoms with Gasteiger partial charge in [-0.2, -0.15) is 5.10 Å². The van der Waals surface area contributed by atoms with Crippen LogP contribution < -0.4 is 5.73 Å². The second kappa shape index (κ2) is 6.18. The highest BCUT2D eigenvalue weighted by molar-refractivity contribution is 5.33. The molecule has 0 aliphatic rings. The van der Waals surface area contributed by atoms with Crippen LogP contribution >= 0.6 is 0 Å². The van der Waals surface area contributed by atoms with Crippen LogP contribution in [-0.2, 0) is 13.0 Å². The monoisotopic (exact) mass is 272 g/mol. The number of aromatic nitrogens is 3. The van der Waals surface area contributed by atoms with E-state index in [1.165, 1.54) is 16.7 Å². The van der Waals surface area contributed by atoms with Crippen molar-refractivity contribution in [2.75, 3.05) is 0 Å². The van der Waals surface area contributed by atoms with Crippen molar-refractivity contribution in [1.29, 1.82) is 0 Å². The Morgan fingerprint density at radius 3 is 2.70 bits per heavy atom. The van der Waals surface area contributed by atoms with Gasteiger partial charge < -0.3 is 5.73 Å². The standard InChI is InChI=1S/C16H24N4/c1-11(2)9-20-16(18-10-19-20)8-15(17)14-7-12(3)5-6-13(14)4/h5-7,10-11,15H,8-9,17H2,1-4H3. The predicted octanol–water partition coefficient (Wildman–Crippen LogP) is 2.79. The van der Waals surface area contributed by atoms with E-state index in [-0.39, 0.29) is 6.04 Å². The first-order chi connectivity index (χ1) is 9.47. The fourth-order valence-electron chi connectivity index (χ4n) is 2.41. The number of hydrogen-bond acceptors (Lipinski definition) is 3. The van der Waals surface area contributed by atoms with Crippen LogP contribution in [0.3, 0.4) is 0 Å². The molecule has 0 bridgehead atoms. The van der Waals surface area contributed by atoms with Crippen molar-refractivity contribution in [3.8, 4) is 0 Å². The Kier molecular flexibility index (Phi) is 4.55. The first-order valence-electron chi connectivity index (χ1n) is 7.16. The van der Waals surface area contributed by atoms with Gasteiger partial charge in [-0.25, -0.2) is 9.67 Å². The van der Waals surface area contributed by atoms with Crippen LogP contribution in [0.1, 0.15) is 42.4 Å². The molecule has 108 valence electrons.